The zero-order valence-electron chi connectivity index (χ0n) is 6.66. The lowest BCUT2D eigenvalue weighted by molar-refractivity contribution is 1.05. The summed E-state index contributed by atoms with van der Waals surface area (Å²) in [4.78, 5) is 1.11. The van der Waals surface area contributed by atoms with E-state index in [0.717, 1.165) is 22.0 Å². The van der Waals surface area contributed by atoms with Crippen LogP contribution in [0, 0.1) is 6.92 Å². The monoisotopic (exact) mass is 179 g/mol. The highest BCUT2D eigenvalue weighted by Crippen LogP contribution is 2.28. The highest BCUT2D eigenvalue weighted by molar-refractivity contribution is 7.13. The van der Waals surface area contributed by atoms with Crippen molar-refractivity contribution in [2.75, 3.05) is 5.73 Å². The van der Waals surface area contributed by atoms with Crippen LogP contribution in [0.15, 0.2) is 17.5 Å². The number of hydrogen-bond donors (Lipinski definition) is 2. The second-order valence-electron chi connectivity index (χ2n) is 2.59. The predicted octanol–water partition coefficient (Wildman–Crippen LogP) is 2.03. The van der Waals surface area contributed by atoms with Crippen molar-refractivity contribution in [2.45, 2.75) is 6.92 Å². The Morgan fingerprint density at radius 2 is 2.42 bits per heavy atom. The Morgan fingerprint density at radius 3 is 2.92 bits per heavy atom. The van der Waals surface area contributed by atoms with Gasteiger partial charge in [0.25, 0.3) is 0 Å². The van der Waals surface area contributed by atoms with Crippen LogP contribution < -0.4 is 5.73 Å². The lowest BCUT2D eigenvalue weighted by Crippen LogP contribution is -1.86. The lowest BCUT2D eigenvalue weighted by atomic mass is 10.3. The van der Waals surface area contributed by atoms with Gasteiger partial charge in [0.05, 0.1) is 16.3 Å². The van der Waals surface area contributed by atoms with E-state index in [9.17, 15) is 0 Å². The first-order valence-corrected chi connectivity index (χ1v) is 4.51. The molecule has 2 aromatic heterocycles. The Labute approximate surface area is 74.2 Å². The van der Waals surface area contributed by atoms with E-state index >= 15 is 0 Å². The number of anilines is 1. The molecule has 0 aliphatic heterocycles. The number of aromatic amines is 1. The van der Waals surface area contributed by atoms with Crippen LogP contribution in [0.2, 0.25) is 0 Å². The molecule has 2 rings (SSSR count). The van der Waals surface area contributed by atoms with Crippen molar-refractivity contribution in [1.29, 1.82) is 0 Å². The third kappa shape index (κ3) is 1.00. The average Bonchev–Trinajstić information content (AvgIpc) is 2.64. The van der Waals surface area contributed by atoms with Gasteiger partial charge in [-0.05, 0) is 18.4 Å². The number of hydrogen-bond acceptors (Lipinski definition) is 3. The van der Waals surface area contributed by atoms with Crippen LogP contribution in [0.1, 0.15) is 5.69 Å². The van der Waals surface area contributed by atoms with Gasteiger partial charge in [-0.1, -0.05) is 6.07 Å². The Hall–Kier alpha value is -1.29. The van der Waals surface area contributed by atoms with Gasteiger partial charge in [-0.15, -0.1) is 11.3 Å². The molecular weight excluding hydrogens is 170 g/mol. The van der Waals surface area contributed by atoms with Crippen molar-refractivity contribution < 1.29 is 0 Å². The quantitative estimate of drug-likeness (QED) is 0.703. The highest BCUT2D eigenvalue weighted by atomic mass is 32.1. The van der Waals surface area contributed by atoms with Crippen LogP contribution in [-0.4, -0.2) is 10.2 Å². The topological polar surface area (TPSA) is 54.7 Å². The van der Waals surface area contributed by atoms with Gasteiger partial charge < -0.3 is 5.73 Å². The van der Waals surface area contributed by atoms with Crippen molar-refractivity contribution >= 4 is 17.0 Å². The van der Waals surface area contributed by atoms with E-state index in [1.54, 1.807) is 11.3 Å². The molecule has 2 aromatic rings. The van der Waals surface area contributed by atoms with E-state index < -0.39 is 0 Å². The molecule has 0 saturated heterocycles. The van der Waals surface area contributed by atoms with Crippen molar-refractivity contribution in [3.63, 3.8) is 0 Å². The van der Waals surface area contributed by atoms with E-state index in [1.807, 2.05) is 24.4 Å². The smallest absolute Gasteiger partial charge is 0.125 e. The number of aryl methyl sites for hydroxylation is 1. The van der Waals surface area contributed by atoms with Gasteiger partial charge in [0.1, 0.15) is 5.69 Å². The molecule has 4 heteroatoms. The molecule has 0 unspecified atom stereocenters. The normalized spacial score (nSPS) is 10.4. The number of nitrogens with zero attached hydrogens (tertiary/aromatic N) is 1. The molecule has 0 saturated carbocycles. The predicted molar refractivity (Wildman–Crippen MR) is 51.1 cm³/mol. The first-order chi connectivity index (χ1) is 5.79. The Kier molecular flexibility index (Phi) is 1.62. The first-order valence-electron chi connectivity index (χ1n) is 3.63. The van der Waals surface area contributed by atoms with Crippen LogP contribution in [-0.2, 0) is 0 Å². The first kappa shape index (κ1) is 7.36. The number of aromatic nitrogens is 2. The summed E-state index contributed by atoms with van der Waals surface area (Å²) in [6.45, 7) is 1.92. The number of thiophene rings is 1. The fourth-order valence-corrected chi connectivity index (χ4v) is 1.77. The fraction of sp³-hybridized carbons (Fsp3) is 0.125. The van der Waals surface area contributed by atoms with Gasteiger partial charge in [0, 0.05) is 0 Å². The van der Waals surface area contributed by atoms with Crippen molar-refractivity contribution in [3.05, 3.63) is 23.2 Å². The number of rotatable bonds is 1. The summed E-state index contributed by atoms with van der Waals surface area (Å²) in [5, 5.41) is 8.99. The molecule has 0 amide bonds. The second-order valence-corrected chi connectivity index (χ2v) is 3.54. The van der Waals surface area contributed by atoms with Gasteiger partial charge >= 0.3 is 0 Å². The molecule has 0 radical (unpaired) electrons. The standard InChI is InChI=1S/C8H9N3S/c1-5-7(9)8(11-10-5)6-3-2-4-12-6/h2-4H,9H2,1H3,(H,10,11). The molecule has 0 aliphatic carbocycles. The minimum Gasteiger partial charge on any atom is -0.395 e. The molecule has 0 spiro atoms. The third-order valence-electron chi connectivity index (χ3n) is 1.75. The second kappa shape index (κ2) is 2.64. The van der Waals surface area contributed by atoms with Gasteiger partial charge in [-0.2, -0.15) is 5.10 Å². The van der Waals surface area contributed by atoms with Crippen molar-refractivity contribution in [2.24, 2.45) is 0 Å². The third-order valence-corrected chi connectivity index (χ3v) is 2.63. The number of H-pyrrole nitrogens is 1. The molecule has 2 heterocycles. The minimum atomic E-state index is 0.748. The maximum absolute atomic E-state index is 5.81. The molecule has 0 atom stereocenters. The summed E-state index contributed by atoms with van der Waals surface area (Å²) < 4.78 is 0. The van der Waals surface area contributed by atoms with E-state index in [4.69, 9.17) is 5.73 Å². The zero-order valence-corrected chi connectivity index (χ0v) is 7.48. The number of nitrogen functional groups attached to an aromatic ring is 1. The summed E-state index contributed by atoms with van der Waals surface area (Å²) in [6.07, 6.45) is 0. The molecular formula is C8H9N3S. The van der Waals surface area contributed by atoms with Gasteiger partial charge in [0.15, 0.2) is 0 Å². The van der Waals surface area contributed by atoms with Gasteiger partial charge in [-0.3, -0.25) is 5.10 Å². The Morgan fingerprint density at radius 1 is 1.58 bits per heavy atom. The molecule has 0 bridgehead atoms. The van der Waals surface area contributed by atoms with Crippen molar-refractivity contribution in [1.82, 2.24) is 10.2 Å². The summed E-state index contributed by atoms with van der Waals surface area (Å²) in [5.74, 6) is 0. The van der Waals surface area contributed by atoms with E-state index in [0.29, 0.717) is 0 Å². The van der Waals surface area contributed by atoms with Gasteiger partial charge in [0.2, 0.25) is 0 Å². The molecule has 0 aliphatic rings. The average molecular weight is 179 g/mol. The number of nitrogens with two attached hydrogens (primary N) is 1. The molecule has 3 N–H and O–H groups in total. The van der Waals surface area contributed by atoms with E-state index in [1.165, 1.54) is 0 Å². The summed E-state index contributed by atoms with van der Waals surface area (Å²) in [7, 11) is 0. The molecule has 62 valence electrons. The van der Waals surface area contributed by atoms with E-state index in [2.05, 4.69) is 10.2 Å². The van der Waals surface area contributed by atoms with Gasteiger partial charge in [-0.25, -0.2) is 0 Å². The van der Waals surface area contributed by atoms with Crippen LogP contribution in [0.5, 0.6) is 0 Å². The van der Waals surface area contributed by atoms with Crippen LogP contribution in [0.25, 0.3) is 10.6 Å². The van der Waals surface area contributed by atoms with E-state index in [-0.39, 0.29) is 0 Å². The zero-order chi connectivity index (χ0) is 8.55. The Bertz CT molecular complexity index is 375. The SMILES string of the molecule is Cc1[nH]nc(-c2cccs2)c1N. The fourth-order valence-electron chi connectivity index (χ4n) is 1.04. The lowest BCUT2D eigenvalue weighted by Gasteiger charge is -1.91. The maximum Gasteiger partial charge on any atom is 0.125 e. The van der Waals surface area contributed by atoms with Crippen LogP contribution in [0.3, 0.4) is 0 Å². The van der Waals surface area contributed by atoms with Crippen LogP contribution >= 0.6 is 11.3 Å². The largest absolute Gasteiger partial charge is 0.395 e. The summed E-state index contributed by atoms with van der Waals surface area (Å²) in [6, 6.07) is 4.00. The molecule has 0 aromatic carbocycles. The van der Waals surface area contributed by atoms with Crippen molar-refractivity contribution in [3.8, 4) is 10.6 Å². The van der Waals surface area contributed by atoms with Crippen LogP contribution in [0.4, 0.5) is 5.69 Å². The summed E-state index contributed by atoms with van der Waals surface area (Å²) >= 11 is 1.64. The molecule has 3 nitrogen and oxygen atoms in total. The minimum absolute atomic E-state index is 0.748. The Balaban J connectivity index is 2.55. The maximum atomic E-state index is 5.81. The number of nitrogens with one attached hydrogen (secondary N) is 1. The highest BCUT2D eigenvalue weighted by Gasteiger charge is 2.08. The summed E-state index contributed by atoms with van der Waals surface area (Å²) in [5.41, 5.74) is 8.35. The molecule has 12 heavy (non-hydrogen) atoms. The molecule has 0 fully saturated rings.